The average Bonchev–Trinajstić information content (AvgIpc) is 2.97. The van der Waals surface area contributed by atoms with Gasteiger partial charge in [-0.2, -0.15) is 0 Å². The normalized spacial score (nSPS) is 15.2. The van der Waals surface area contributed by atoms with Crippen LogP contribution in [0.15, 0.2) is 45.9 Å². The molecule has 23 heavy (non-hydrogen) atoms. The van der Waals surface area contributed by atoms with Gasteiger partial charge in [-0.1, -0.05) is 30.3 Å². The smallest absolute Gasteiger partial charge is 0.343 e. The Morgan fingerprint density at radius 2 is 2.17 bits per heavy atom. The first-order chi connectivity index (χ1) is 11.1. The van der Waals surface area contributed by atoms with E-state index in [9.17, 15) is 14.7 Å². The van der Waals surface area contributed by atoms with E-state index in [0.717, 1.165) is 0 Å². The van der Waals surface area contributed by atoms with Crippen molar-refractivity contribution in [2.75, 3.05) is 19.7 Å². The maximum absolute atomic E-state index is 12.0. The van der Waals surface area contributed by atoms with Gasteiger partial charge >= 0.3 is 11.9 Å². The minimum absolute atomic E-state index is 0.00326. The topological polar surface area (TPSA) is 97.6 Å². The molecule has 120 valence electrons. The predicted octanol–water partition coefficient (Wildman–Crippen LogP) is 1.54. The Bertz CT molecular complexity index is 677. The molecule has 0 bridgehead atoms. The van der Waals surface area contributed by atoms with Gasteiger partial charge in [0.15, 0.2) is 0 Å². The van der Waals surface area contributed by atoms with Crippen molar-refractivity contribution < 1.29 is 24.2 Å². The number of carbonyl (C=O) groups excluding carboxylic acids is 2. The van der Waals surface area contributed by atoms with Gasteiger partial charge in [0.05, 0.1) is 6.61 Å². The zero-order chi connectivity index (χ0) is 16.7. The molecule has 1 heterocycles. The molecule has 0 unspecified atom stereocenters. The summed E-state index contributed by atoms with van der Waals surface area (Å²) in [6.45, 7) is 1.80. The molecule has 1 aliphatic heterocycles. The summed E-state index contributed by atoms with van der Waals surface area (Å²) >= 11 is 0. The number of aliphatic hydroxyl groups is 1. The quantitative estimate of drug-likeness (QED) is 0.371. The number of benzene rings is 1. The number of carbonyl (C=O) groups is 2. The first-order valence-corrected chi connectivity index (χ1v) is 7.01. The number of hydrogen-bond acceptors (Lipinski definition) is 7. The van der Waals surface area contributed by atoms with E-state index in [1.54, 1.807) is 37.3 Å². The average molecular weight is 316 g/mol. The highest BCUT2D eigenvalue weighted by Gasteiger charge is 2.18. The van der Waals surface area contributed by atoms with E-state index >= 15 is 0 Å². The third-order valence-electron chi connectivity index (χ3n) is 2.86. The number of cyclic esters (lactones) is 1. The molecular formula is C16H16N2O5. The third kappa shape index (κ3) is 4.50. The van der Waals surface area contributed by atoms with Gasteiger partial charge in [-0.05, 0) is 6.92 Å². The molecule has 0 fully saturated rings. The van der Waals surface area contributed by atoms with Gasteiger partial charge < -0.3 is 14.6 Å². The van der Waals surface area contributed by atoms with Crippen molar-refractivity contribution in [1.82, 2.24) is 0 Å². The number of esters is 2. The molecule has 1 aliphatic rings. The van der Waals surface area contributed by atoms with Gasteiger partial charge in [0.1, 0.15) is 24.4 Å². The van der Waals surface area contributed by atoms with Crippen LogP contribution in [0.25, 0.3) is 5.76 Å². The molecule has 0 saturated heterocycles. The lowest BCUT2D eigenvalue weighted by Gasteiger charge is -2.06. The van der Waals surface area contributed by atoms with Crippen LogP contribution in [-0.2, 0) is 19.1 Å². The van der Waals surface area contributed by atoms with Crippen LogP contribution in [0.5, 0.6) is 0 Å². The SMILES string of the molecule is CCOC(=O)/C(C=NCC1=NCC(=O)O1)=C(/O)c1ccccc1. The third-order valence-corrected chi connectivity index (χ3v) is 2.86. The molecule has 0 spiro atoms. The lowest BCUT2D eigenvalue weighted by atomic mass is 10.1. The van der Waals surface area contributed by atoms with Crippen molar-refractivity contribution in [3.8, 4) is 0 Å². The van der Waals surface area contributed by atoms with E-state index in [2.05, 4.69) is 9.98 Å². The molecule has 0 aromatic heterocycles. The zero-order valence-electron chi connectivity index (χ0n) is 12.6. The molecule has 1 aromatic carbocycles. The van der Waals surface area contributed by atoms with Crippen LogP contribution in [0, 0.1) is 0 Å². The molecule has 1 N–H and O–H groups in total. The first kappa shape index (κ1) is 16.4. The standard InChI is InChI=1S/C16H16N2O5/c1-2-22-16(21)12(15(20)11-6-4-3-5-7-11)8-17-9-13-18-10-14(19)23-13/h3-8,20H,2,9-10H2,1H3/b15-12+,17-8?. The molecule has 0 aliphatic carbocycles. The van der Waals surface area contributed by atoms with Gasteiger partial charge in [-0.25, -0.2) is 14.6 Å². The van der Waals surface area contributed by atoms with Crippen LogP contribution in [0.3, 0.4) is 0 Å². The summed E-state index contributed by atoms with van der Waals surface area (Å²) in [5, 5.41) is 10.3. The van der Waals surface area contributed by atoms with Gasteiger partial charge in [0, 0.05) is 11.8 Å². The summed E-state index contributed by atoms with van der Waals surface area (Å²) in [7, 11) is 0. The Kier molecular flexibility index (Phi) is 5.62. The number of ether oxygens (including phenoxy) is 2. The second-order valence-electron chi connectivity index (χ2n) is 4.50. The molecular weight excluding hydrogens is 300 g/mol. The molecule has 0 atom stereocenters. The van der Waals surface area contributed by atoms with E-state index in [4.69, 9.17) is 9.47 Å². The summed E-state index contributed by atoms with van der Waals surface area (Å²) in [5.41, 5.74) is 0.384. The van der Waals surface area contributed by atoms with Crippen LogP contribution >= 0.6 is 0 Å². The fourth-order valence-corrected chi connectivity index (χ4v) is 1.82. The Labute approximate surface area is 133 Å². The minimum atomic E-state index is -0.692. The number of hydrogen-bond donors (Lipinski definition) is 1. The summed E-state index contributed by atoms with van der Waals surface area (Å²) in [5.74, 6) is -1.20. The number of nitrogens with zero attached hydrogens (tertiary/aromatic N) is 2. The molecule has 7 nitrogen and oxygen atoms in total. The number of rotatable bonds is 6. The highest BCUT2D eigenvalue weighted by atomic mass is 16.6. The van der Waals surface area contributed by atoms with Crippen LogP contribution in [0.1, 0.15) is 12.5 Å². The second kappa shape index (κ2) is 7.88. The number of aliphatic imine (C=N–C) groups is 2. The molecule has 0 radical (unpaired) electrons. The Hall–Kier alpha value is -2.96. The number of aliphatic hydroxyl groups excluding tert-OH is 1. The van der Waals surface area contributed by atoms with Crippen LogP contribution in [-0.4, -0.2) is 48.9 Å². The van der Waals surface area contributed by atoms with Gasteiger partial charge in [-0.3, -0.25) is 4.99 Å². The molecule has 7 heteroatoms. The maximum Gasteiger partial charge on any atom is 0.343 e. The fourth-order valence-electron chi connectivity index (χ4n) is 1.82. The maximum atomic E-state index is 12.0. The van der Waals surface area contributed by atoms with Gasteiger partial charge in [0.2, 0.25) is 5.90 Å². The van der Waals surface area contributed by atoms with Gasteiger partial charge in [0.25, 0.3) is 0 Å². The first-order valence-electron chi connectivity index (χ1n) is 7.01. The van der Waals surface area contributed by atoms with Crippen LogP contribution in [0.2, 0.25) is 0 Å². The van der Waals surface area contributed by atoms with E-state index in [1.165, 1.54) is 6.21 Å². The van der Waals surface area contributed by atoms with E-state index in [0.29, 0.717) is 5.56 Å². The lowest BCUT2D eigenvalue weighted by Crippen LogP contribution is -2.13. The largest absolute Gasteiger partial charge is 0.506 e. The second-order valence-corrected chi connectivity index (χ2v) is 4.50. The monoisotopic (exact) mass is 316 g/mol. The minimum Gasteiger partial charge on any atom is -0.506 e. The Morgan fingerprint density at radius 1 is 1.43 bits per heavy atom. The van der Waals surface area contributed by atoms with Crippen molar-refractivity contribution in [3.05, 3.63) is 41.5 Å². The molecule has 0 saturated carbocycles. The Morgan fingerprint density at radius 3 is 2.78 bits per heavy atom. The molecule has 2 rings (SSSR count). The summed E-state index contributed by atoms with van der Waals surface area (Å²) in [4.78, 5) is 30.7. The van der Waals surface area contributed by atoms with Gasteiger partial charge in [-0.15, -0.1) is 0 Å². The van der Waals surface area contributed by atoms with Crippen molar-refractivity contribution in [3.63, 3.8) is 0 Å². The van der Waals surface area contributed by atoms with Crippen LogP contribution < -0.4 is 0 Å². The summed E-state index contributed by atoms with van der Waals surface area (Å²) in [6, 6.07) is 8.58. The fraction of sp³-hybridized carbons (Fsp3) is 0.250. The summed E-state index contributed by atoms with van der Waals surface area (Å²) < 4.78 is 9.72. The lowest BCUT2D eigenvalue weighted by molar-refractivity contribution is -0.138. The van der Waals surface area contributed by atoms with E-state index in [-0.39, 0.29) is 36.9 Å². The predicted molar refractivity (Wildman–Crippen MR) is 84.4 cm³/mol. The van der Waals surface area contributed by atoms with Crippen LogP contribution in [0.4, 0.5) is 0 Å². The van der Waals surface area contributed by atoms with Crippen molar-refractivity contribution in [2.45, 2.75) is 6.92 Å². The van der Waals surface area contributed by atoms with Crippen molar-refractivity contribution >= 4 is 29.8 Å². The van der Waals surface area contributed by atoms with E-state index < -0.39 is 11.9 Å². The Balaban J connectivity index is 2.20. The highest BCUT2D eigenvalue weighted by molar-refractivity contribution is 6.15. The van der Waals surface area contributed by atoms with Crippen molar-refractivity contribution in [2.24, 2.45) is 9.98 Å². The zero-order valence-corrected chi connectivity index (χ0v) is 12.6. The van der Waals surface area contributed by atoms with E-state index in [1.807, 2.05) is 0 Å². The summed E-state index contributed by atoms with van der Waals surface area (Å²) in [6.07, 6.45) is 1.19. The highest BCUT2D eigenvalue weighted by Crippen LogP contribution is 2.16. The van der Waals surface area contributed by atoms with Crippen molar-refractivity contribution in [1.29, 1.82) is 0 Å². The molecule has 1 aromatic rings. The molecule has 0 amide bonds.